The maximum absolute atomic E-state index is 13.6. The molecular formula is C36H38F3N5O5. The molecule has 0 saturated carbocycles. The Morgan fingerprint density at radius 3 is 2.37 bits per heavy atom. The monoisotopic (exact) mass is 677 g/mol. The van der Waals surface area contributed by atoms with Crippen LogP contribution in [0, 0.1) is 5.92 Å². The van der Waals surface area contributed by atoms with Crippen LogP contribution in [0.25, 0.3) is 10.8 Å². The molecule has 0 spiro atoms. The number of carbonyl (C=O) groups excluding carboxylic acids is 3. The van der Waals surface area contributed by atoms with Gasteiger partial charge in [0.2, 0.25) is 5.91 Å². The Kier molecular flexibility index (Phi) is 10.6. The van der Waals surface area contributed by atoms with Crippen LogP contribution < -0.4 is 20.7 Å². The number of aliphatic hydroxyl groups excluding tert-OH is 1. The summed E-state index contributed by atoms with van der Waals surface area (Å²) in [6.07, 6.45) is -5.16. The van der Waals surface area contributed by atoms with E-state index in [1.54, 1.807) is 37.1 Å². The molecule has 1 aliphatic rings. The largest absolute Gasteiger partial charge is 0.488 e. The van der Waals surface area contributed by atoms with Gasteiger partial charge in [0.1, 0.15) is 11.9 Å². The van der Waals surface area contributed by atoms with Crippen LogP contribution in [-0.4, -0.2) is 71.8 Å². The van der Waals surface area contributed by atoms with Gasteiger partial charge in [-0.1, -0.05) is 43.3 Å². The highest BCUT2D eigenvalue weighted by atomic mass is 19.4. The Bertz CT molecular complexity index is 1810. The summed E-state index contributed by atoms with van der Waals surface area (Å²) in [5.74, 6) is -0.128. The molecule has 5 rings (SSSR count). The number of rotatable bonds is 7. The molecule has 0 aromatic heterocycles. The Morgan fingerprint density at radius 1 is 0.980 bits per heavy atom. The number of benzene rings is 4. The van der Waals surface area contributed by atoms with Crippen molar-refractivity contribution in [1.29, 1.82) is 0 Å². The summed E-state index contributed by atoms with van der Waals surface area (Å²) in [6, 6.07) is 20.7. The van der Waals surface area contributed by atoms with Gasteiger partial charge in [-0.2, -0.15) is 13.2 Å². The van der Waals surface area contributed by atoms with Gasteiger partial charge in [-0.3, -0.25) is 4.79 Å². The summed E-state index contributed by atoms with van der Waals surface area (Å²) in [7, 11) is 1.66. The number of halogens is 3. The van der Waals surface area contributed by atoms with Gasteiger partial charge in [0, 0.05) is 41.8 Å². The van der Waals surface area contributed by atoms with E-state index in [0.717, 1.165) is 35.0 Å². The highest BCUT2D eigenvalue weighted by molar-refractivity contribution is 6.01. The highest BCUT2D eigenvalue weighted by Gasteiger charge is 2.32. The first kappa shape index (κ1) is 35.0. The van der Waals surface area contributed by atoms with Gasteiger partial charge in [0.25, 0.3) is 0 Å². The van der Waals surface area contributed by atoms with Crippen LogP contribution in [0.15, 0.2) is 84.9 Å². The zero-order valence-corrected chi connectivity index (χ0v) is 27.3. The lowest BCUT2D eigenvalue weighted by atomic mass is 10.0. The van der Waals surface area contributed by atoms with Gasteiger partial charge in [0.05, 0.1) is 36.9 Å². The van der Waals surface area contributed by atoms with Crippen molar-refractivity contribution < 1.29 is 37.4 Å². The maximum Gasteiger partial charge on any atom is 0.416 e. The molecule has 5 amide bonds. The number of likely N-dealkylation sites (N-methyl/N-ethyl adjacent to an activating group) is 1. The highest BCUT2D eigenvalue weighted by Crippen LogP contribution is 2.31. The fraction of sp³-hybridized carbons (Fsp3) is 0.306. The van der Waals surface area contributed by atoms with Crippen molar-refractivity contribution in [2.75, 3.05) is 42.7 Å². The minimum atomic E-state index is -4.50. The van der Waals surface area contributed by atoms with Crippen molar-refractivity contribution in [3.8, 4) is 5.75 Å². The molecule has 4 N–H and O–H groups in total. The molecule has 0 fully saturated rings. The summed E-state index contributed by atoms with van der Waals surface area (Å²) < 4.78 is 45.2. The number of fused-ring (bicyclic) bond motifs is 2. The molecule has 0 radical (unpaired) electrons. The van der Waals surface area contributed by atoms with Crippen LogP contribution in [0.2, 0.25) is 0 Å². The van der Waals surface area contributed by atoms with Gasteiger partial charge >= 0.3 is 18.2 Å². The smallest absolute Gasteiger partial charge is 0.416 e. The molecule has 258 valence electrons. The zero-order valence-electron chi connectivity index (χ0n) is 27.3. The van der Waals surface area contributed by atoms with E-state index in [2.05, 4.69) is 16.0 Å². The number of nitrogens with one attached hydrogen (secondary N) is 3. The number of carbonyl (C=O) groups is 3. The van der Waals surface area contributed by atoms with Crippen molar-refractivity contribution in [2.45, 2.75) is 38.6 Å². The van der Waals surface area contributed by atoms with Crippen LogP contribution >= 0.6 is 0 Å². The van der Waals surface area contributed by atoms with Crippen LogP contribution in [0.4, 0.5) is 39.8 Å². The standard InChI is InChI=1S/C36H38F3N5O5/c1-22-19-44(23(2)21-45)33(46)18-25-17-28(41-34(47)40-27-13-11-26(12-14-27)36(37,38)39)15-16-31(25)49-32(22)20-43(3)35(48)42-30-10-6-8-24-7-4-5-9-29(24)30/h4-17,22-23,32,45H,18-21H2,1-3H3,(H,42,48)(H2,40,41,47)/t22-,23+,32+/m0/s1. The first-order valence-corrected chi connectivity index (χ1v) is 15.8. The quantitative estimate of drug-likeness (QED) is 0.171. The predicted octanol–water partition coefficient (Wildman–Crippen LogP) is 6.82. The van der Waals surface area contributed by atoms with Crippen molar-refractivity contribution >= 4 is 45.8 Å². The first-order valence-electron chi connectivity index (χ1n) is 15.8. The average molecular weight is 678 g/mol. The molecule has 0 aliphatic carbocycles. The normalized spacial score (nSPS) is 17.1. The Morgan fingerprint density at radius 2 is 1.65 bits per heavy atom. The molecule has 4 aromatic carbocycles. The summed E-state index contributed by atoms with van der Waals surface area (Å²) in [6.45, 7) is 3.83. The SMILES string of the molecule is C[C@H](CO)N1C[C@H](C)[C@@H](CN(C)C(=O)Nc2cccc3ccccc23)Oc2ccc(NC(=O)Nc3ccc(C(F)(F)F)cc3)cc2CC1=O. The fourth-order valence-corrected chi connectivity index (χ4v) is 5.66. The summed E-state index contributed by atoms with van der Waals surface area (Å²) in [5, 5.41) is 20.0. The van der Waals surface area contributed by atoms with E-state index < -0.39 is 29.9 Å². The molecule has 4 aromatic rings. The van der Waals surface area contributed by atoms with Gasteiger partial charge in [-0.15, -0.1) is 0 Å². The third-order valence-corrected chi connectivity index (χ3v) is 8.48. The molecule has 1 heterocycles. The Hall–Kier alpha value is -5.30. The second-order valence-electron chi connectivity index (χ2n) is 12.2. The van der Waals surface area contributed by atoms with E-state index in [1.165, 1.54) is 4.90 Å². The predicted molar refractivity (Wildman–Crippen MR) is 182 cm³/mol. The second-order valence-corrected chi connectivity index (χ2v) is 12.2. The molecule has 0 saturated heterocycles. The van der Waals surface area contributed by atoms with E-state index >= 15 is 0 Å². The van der Waals surface area contributed by atoms with Gasteiger partial charge in [0.15, 0.2) is 0 Å². The number of hydrogen-bond donors (Lipinski definition) is 4. The molecule has 13 heteroatoms. The van der Waals surface area contributed by atoms with Gasteiger partial charge < -0.3 is 35.6 Å². The molecule has 1 aliphatic heterocycles. The average Bonchev–Trinajstić information content (AvgIpc) is 3.11. The molecule has 3 atom stereocenters. The third kappa shape index (κ3) is 8.60. The second kappa shape index (κ2) is 14.9. The lowest BCUT2D eigenvalue weighted by Gasteiger charge is -2.34. The van der Waals surface area contributed by atoms with Gasteiger partial charge in [-0.05, 0) is 60.8 Å². The molecular weight excluding hydrogens is 639 g/mol. The minimum absolute atomic E-state index is 0.0907. The summed E-state index contributed by atoms with van der Waals surface area (Å²) >= 11 is 0. The fourth-order valence-electron chi connectivity index (χ4n) is 5.66. The van der Waals surface area contributed by atoms with E-state index in [0.29, 0.717) is 22.7 Å². The van der Waals surface area contributed by atoms with Crippen LogP contribution in [0.3, 0.4) is 0 Å². The number of nitrogens with zero attached hydrogens (tertiary/aromatic N) is 2. The van der Waals surface area contributed by atoms with E-state index in [4.69, 9.17) is 4.74 Å². The summed E-state index contributed by atoms with van der Waals surface area (Å²) in [4.78, 5) is 42.8. The van der Waals surface area contributed by atoms with Crippen LogP contribution in [-0.2, 0) is 17.4 Å². The number of urea groups is 2. The van der Waals surface area contributed by atoms with E-state index in [1.807, 2.05) is 49.4 Å². The topological polar surface area (TPSA) is 123 Å². The number of anilines is 3. The van der Waals surface area contributed by atoms with E-state index in [9.17, 15) is 32.7 Å². The number of aliphatic hydroxyl groups is 1. The lowest BCUT2D eigenvalue weighted by Crippen LogP contribution is -2.48. The molecule has 10 nitrogen and oxygen atoms in total. The Balaban J connectivity index is 1.34. The summed E-state index contributed by atoms with van der Waals surface area (Å²) in [5.41, 5.74) is 0.770. The third-order valence-electron chi connectivity index (χ3n) is 8.48. The molecule has 0 unspecified atom stereocenters. The van der Waals surface area contributed by atoms with Crippen LogP contribution in [0.5, 0.6) is 5.75 Å². The number of ether oxygens (including phenoxy) is 1. The van der Waals surface area contributed by atoms with Crippen molar-refractivity contribution in [1.82, 2.24) is 9.80 Å². The molecule has 0 bridgehead atoms. The van der Waals surface area contributed by atoms with Crippen molar-refractivity contribution in [3.63, 3.8) is 0 Å². The maximum atomic E-state index is 13.6. The van der Waals surface area contributed by atoms with Crippen LogP contribution in [0.1, 0.15) is 25.0 Å². The first-order chi connectivity index (χ1) is 23.3. The van der Waals surface area contributed by atoms with Crippen molar-refractivity contribution in [2.24, 2.45) is 5.92 Å². The van der Waals surface area contributed by atoms with Gasteiger partial charge in [-0.25, -0.2) is 9.59 Å². The number of hydrogen-bond acceptors (Lipinski definition) is 5. The zero-order chi connectivity index (χ0) is 35.3. The van der Waals surface area contributed by atoms with E-state index in [-0.39, 0.29) is 49.7 Å². The lowest BCUT2D eigenvalue weighted by molar-refractivity contribution is -0.137. The van der Waals surface area contributed by atoms with Crippen molar-refractivity contribution in [3.05, 3.63) is 96.1 Å². The minimum Gasteiger partial charge on any atom is -0.488 e. The number of alkyl halides is 3. The Labute approximate surface area is 281 Å². The molecule has 49 heavy (non-hydrogen) atoms. The number of amides is 5.